The molecule has 23 heavy (non-hydrogen) atoms. The van der Waals surface area contributed by atoms with Crippen LogP contribution in [-0.2, 0) is 4.74 Å². The van der Waals surface area contributed by atoms with Crippen molar-refractivity contribution in [2.45, 2.75) is 6.92 Å². The fourth-order valence-electron chi connectivity index (χ4n) is 2.45. The summed E-state index contributed by atoms with van der Waals surface area (Å²) < 4.78 is 5.35. The van der Waals surface area contributed by atoms with Crippen LogP contribution in [0.15, 0.2) is 36.5 Å². The largest absolute Gasteiger partial charge is 0.379 e. The molecular weight excluding hydrogens is 290 g/mol. The predicted octanol–water partition coefficient (Wildman–Crippen LogP) is 2.27. The normalized spacial score (nSPS) is 15.3. The molecule has 1 aliphatic heterocycles. The Balaban J connectivity index is 1.51. The third kappa shape index (κ3) is 4.91. The zero-order valence-electron chi connectivity index (χ0n) is 13.5. The van der Waals surface area contributed by atoms with Crippen LogP contribution in [0.1, 0.15) is 5.56 Å². The van der Waals surface area contributed by atoms with E-state index in [1.807, 2.05) is 18.2 Å². The van der Waals surface area contributed by atoms with Crippen LogP contribution >= 0.6 is 0 Å². The molecule has 1 aromatic carbocycles. The summed E-state index contributed by atoms with van der Waals surface area (Å²) in [6, 6.07) is 10.1. The van der Waals surface area contributed by atoms with Crippen LogP contribution in [0.3, 0.4) is 0 Å². The van der Waals surface area contributed by atoms with Gasteiger partial charge in [0.15, 0.2) is 0 Å². The molecule has 2 aromatic rings. The van der Waals surface area contributed by atoms with E-state index in [1.54, 1.807) is 6.20 Å². The van der Waals surface area contributed by atoms with Crippen molar-refractivity contribution in [3.63, 3.8) is 0 Å². The van der Waals surface area contributed by atoms with Gasteiger partial charge in [0.25, 0.3) is 0 Å². The van der Waals surface area contributed by atoms with E-state index < -0.39 is 0 Å². The second kappa shape index (κ2) is 7.89. The highest BCUT2D eigenvalue weighted by Crippen LogP contribution is 2.14. The van der Waals surface area contributed by atoms with E-state index in [2.05, 4.69) is 44.6 Å². The van der Waals surface area contributed by atoms with Gasteiger partial charge in [0, 0.05) is 38.1 Å². The van der Waals surface area contributed by atoms with Crippen LogP contribution in [0.2, 0.25) is 0 Å². The first-order chi connectivity index (χ1) is 11.3. The Bertz CT molecular complexity index is 611. The maximum atomic E-state index is 5.35. The second-order valence-corrected chi connectivity index (χ2v) is 5.64. The molecule has 3 rings (SSSR count). The van der Waals surface area contributed by atoms with Gasteiger partial charge < -0.3 is 15.4 Å². The maximum absolute atomic E-state index is 5.35. The van der Waals surface area contributed by atoms with E-state index in [-0.39, 0.29) is 0 Å². The molecule has 0 unspecified atom stereocenters. The molecule has 6 heteroatoms. The molecule has 0 bridgehead atoms. The summed E-state index contributed by atoms with van der Waals surface area (Å²) in [5.41, 5.74) is 2.22. The number of anilines is 3. The number of benzene rings is 1. The van der Waals surface area contributed by atoms with Crippen molar-refractivity contribution < 1.29 is 4.74 Å². The van der Waals surface area contributed by atoms with Crippen LogP contribution in [0.25, 0.3) is 0 Å². The van der Waals surface area contributed by atoms with Gasteiger partial charge in [-0.05, 0) is 25.1 Å². The van der Waals surface area contributed by atoms with Crippen molar-refractivity contribution in [1.82, 2.24) is 14.9 Å². The van der Waals surface area contributed by atoms with E-state index in [0.29, 0.717) is 5.95 Å². The van der Waals surface area contributed by atoms with Crippen molar-refractivity contribution in [2.75, 3.05) is 50.0 Å². The highest BCUT2D eigenvalue weighted by molar-refractivity contribution is 5.54. The molecule has 1 aliphatic rings. The van der Waals surface area contributed by atoms with Crippen molar-refractivity contribution in [1.29, 1.82) is 0 Å². The fraction of sp³-hybridized carbons (Fsp3) is 0.412. The molecule has 0 radical (unpaired) electrons. The highest BCUT2D eigenvalue weighted by Gasteiger charge is 2.09. The van der Waals surface area contributed by atoms with Gasteiger partial charge in [0.1, 0.15) is 5.82 Å². The van der Waals surface area contributed by atoms with Gasteiger partial charge in [0.2, 0.25) is 5.95 Å². The predicted molar refractivity (Wildman–Crippen MR) is 92.2 cm³/mol. The fourth-order valence-corrected chi connectivity index (χ4v) is 2.45. The summed E-state index contributed by atoms with van der Waals surface area (Å²) in [5, 5.41) is 6.58. The lowest BCUT2D eigenvalue weighted by atomic mass is 10.2. The SMILES string of the molecule is Cc1ccc(Nc2nccc(NCCN3CCOCC3)n2)cc1. The minimum atomic E-state index is 0.602. The third-order valence-electron chi connectivity index (χ3n) is 3.80. The molecule has 2 N–H and O–H groups in total. The van der Waals surface area contributed by atoms with Crippen molar-refractivity contribution >= 4 is 17.5 Å². The maximum Gasteiger partial charge on any atom is 0.229 e. The molecule has 0 spiro atoms. The van der Waals surface area contributed by atoms with Gasteiger partial charge in [-0.3, -0.25) is 4.90 Å². The van der Waals surface area contributed by atoms with E-state index in [1.165, 1.54) is 5.56 Å². The zero-order chi connectivity index (χ0) is 15.9. The average Bonchev–Trinajstić information content (AvgIpc) is 2.58. The van der Waals surface area contributed by atoms with Crippen LogP contribution in [0.5, 0.6) is 0 Å². The Hall–Kier alpha value is -2.18. The monoisotopic (exact) mass is 313 g/mol. The summed E-state index contributed by atoms with van der Waals surface area (Å²) in [5.74, 6) is 1.44. The first kappa shape index (κ1) is 15.7. The zero-order valence-corrected chi connectivity index (χ0v) is 13.5. The second-order valence-electron chi connectivity index (χ2n) is 5.64. The number of nitrogens with zero attached hydrogens (tertiary/aromatic N) is 3. The number of rotatable bonds is 6. The van der Waals surface area contributed by atoms with Crippen LogP contribution in [0.4, 0.5) is 17.5 Å². The lowest BCUT2D eigenvalue weighted by Crippen LogP contribution is -2.39. The number of aromatic nitrogens is 2. The summed E-state index contributed by atoms with van der Waals surface area (Å²) >= 11 is 0. The quantitative estimate of drug-likeness (QED) is 0.853. The minimum Gasteiger partial charge on any atom is -0.379 e. The molecule has 1 aromatic heterocycles. The molecule has 0 atom stereocenters. The lowest BCUT2D eigenvalue weighted by molar-refractivity contribution is 0.0398. The molecule has 6 nitrogen and oxygen atoms in total. The summed E-state index contributed by atoms with van der Waals surface area (Å²) in [4.78, 5) is 11.2. The molecule has 0 aliphatic carbocycles. The number of hydrogen-bond donors (Lipinski definition) is 2. The van der Waals surface area contributed by atoms with E-state index in [0.717, 1.165) is 50.9 Å². The standard InChI is InChI=1S/C17H23N5O/c1-14-2-4-15(5-3-14)20-17-19-7-6-16(21-17)18-8-9-22-10-12-23-13-11-22/h2-7H,8-13H2,1H3,(H2,18,19,20,21). The molecule has 1 fully saturated rings. The van der Waals surface area contributed by atoms with Crippen LogP contribution in [0, 0.1) is 6.92 Å². The number of hydrogen-bond acceptors (Lipinski definition) is 6. The molecule has 122 valence electrons. The summed E-state index contributed by atoms with van der Waals surface area (Å²) in [6.45, 7) is 7.60. The number of nitrogens with one attached hydrogen (secondary N) is 2. The van der Waals surface area contributed by atoms with E-state index in [9.17, 15) is 0 Å². The van der Waals surface area contributed by atoms with Gasteiger partial charge in [-0.25, -0.2) is 4.98 Å². The van der Waals surface area contributed by atoms with E-state index >= 15 is 0 Å². The summed E-state index contributed by atoms with van der Waals surface area (Å²) in [6.07, 6.45) is 1.76. The Morgan fingerprint density at radius 2 is 1.91 bits per heavy atom. The molecular formula is C17H23N5O. The van der Waals surface area contributed by atoms with Gasteiger partial charge in [0.05, 0.1) is 13.2 Å². The number of morpholine rings is 1. The Morgan fingerprint density at radius 3 is 2.70 bits per heavy atom. The van der Waals surface area contributed by atoms with Crippen LogP contribution in [-0.4, -0.2) is 54.3 Å². The molecule has 2 heterocycles. The van der Waals surface area contributed by atoms with Gasteiger partial charge in [-0.2, -0.15) is 4.98 Å². The molecule has 0 saturated carbocycles. The van der Waals surface area contributed by atoms with Gasteiger partial charge in [-0.15, -0.1) is 0 Å². The van der Waals surface area contributed by atoms with Crippen molar-refractivity contribution in [3.05, 3.63) is 42.1 Å². The topological polar surface area (TPSA) is 62.3 Å². The lowest BCUT2D eigenvalue weighted by Gasteiger charge is -2.26. The Labute approximate surface area is 136 Å². The van der Waals surface area contributed by atoms with Crippen molar-refractivity contribution in [3.8, 4) is 0 Å². The van der Waals surface area contributed by atoms with E-state index in [4.69, 9.17) is 4.74 Å². The third-order valence-corrected chi connectivity index (χ3v) is 3.80. The Morgan fingerprint density at radius 1 is 1.13 bits per heavy atom. The van der Waals surface area contributed by atoms with Gasteiger partial charge >= 0.3 is 0 Å². The van der Waals surface area contributed by atoms with Crippen LogP contribution < -0.4 is 10.6 Å². The smallest absolute Gasteiger partial charge is 0.229 e. The highest BCUT2D eigenvalue weighted by atomic mass is 16.5. The summed E-state index contributed by atoms with van der Waals surface area (Å²) in [7, 11) is 0. The van der Waals surface area contributed by atoms with Gasteiger partial charge in [-0.1, -0.05) is 17.7 Å². The average molecular weight is 313 g/mol. The number of ether oxygens (including phenoxy) is 1. The molecule has 0 amide bonds. The minimum absolute atomic E-state index is 0.602. The van der Waals surface area contributed by atoms with Crippen molar-refractivity contribution in [2.24, 2.45) is 0 Å². The molecule has 1 saturated heterocycles. The number of aryl methyl sites for hydroxylation is 1. The first-order valence-corrected chi connectivity index (χ1v) is 8.00. The Kier molecular flexibility index (Phi) is 5.39. The first-order valence-electron chi connectivity index (χ1n) is 8.00.